The first-order valence-electron chi connectivity index (χ1n) is 8.54. The summed E-state index contributed by atoms with van der Waals surface area (Å²) >= 11 is 4.51. The lowest BCUT2D eigenvalue weighted by Gasteiger charge is -2.12. The van der Waals surface area contributed by atoms with Crippen molar-refractivity contribution in [2.45, 2.75) is 30.3 Å². The Morgan fingerprint density at radius 1 is 1.29 bits per heavy atom. The second-order valence-corrected chi connectivity index (χ2v) is 8.43. The van der Waals surface area contributed by atoms with Gasteiger partial charge in [-0.1, -0.05) is 46.7 Å². The Hall–Kier alpha value is -2.33. The third-order valence-electron chi connectivity index (χ3n) is 4.44. The summed E-state index contributed by atoms with van der Waals surface area (Å²) in [5, 5.41) is 9.12. The maximum atomic E-state index is 12.8. The maximum absolute atomic E-state index is 12.8. The number of imidazole rings is 1. The second-order valence-electron chi connectivity index (χ2n) is 6.34. The largest absolute Gasteiger partial charge is 0.480 e. The van der Waals surface area contributed by atoms with Crippen LogP contribution < -0.4 is 11.2 Å². The molecule has 0 saturated carbocycles. The van der Waals surface area contributed by atoms with Crippen LogP contribution in [0.15, 0.2) is 43.5 Å². The molecular formula is C18H19BrN4O4S. The van der Waals surface area contributed by atoms with Crippen LogP contribution in [0.4, 0.5) is 0 Å². The second kappa shape index (κ2) is 7.96. The Kier molecular flexibility index (Phi) is 5.80. The van der Waals surface area contributed by atoms with E-state index in [0.717, 1.165) is 26.4 Å². The number of nitrogens with zero attached hydrogens (tertiary/aromatic N) is 4. The van der Waals surface area contributed by atoms with Crippen LogP contribution in [0.1, 0.15) is 18.9 Å². The molecule has 148 valence electrons. The molecule has 3 aromatic rings. The zero-order valence-corrected chi connectivity index (χ0v) is 18.0. The fourth-order valence-electron chi connectivity index (χ4n) is 2.92. The third-order valence-corrected chi connectivity index (χ3v) is 6.27. The Bertz CT molecular complexity index is 1180. The van der Waals surface area contributed by atoms with Gasteiger partial charge in [-0.15, -0.1) is 0 Å². The highest BCUT2D eigenvalue weighted by Crippen LogP contribution is 2.28. The summed E-state index contributed by atoms with van der Waals surface area (Å²) in [6, 6.07) is 7.60. The van der Waals surface area contributed by atoms with Gasteiger partial charge in [-0.25, -0.2) is 9.78 Å². The first-order valence-corrected chi connectivity index (χ1v) is 10.2. The smallest absolute Gasteiger partial charge is 0.332 e. The molecule has 2 aromatic heterocycles. The third kappa shape index (κ3) is 3.66. The van der Waals surface area contributed by atoms with Gasteiger partial charge < -0.3 is 9.67 Å². The molecule has 3 rings (SSSR count). The average Bonchev–Trinajstić information content (AvgIpc) is 3.00. The van der Waals surface area contributed by atoms with Gasteiger partial charge in [0.15, 0.2) is 16.3 Å². The average molecular weight is 467 g/mol. The summed E-state index contributed by atoms with van der Waals surface area (Å²) in [5.41, 5.74) is 0.482. The molecule has 0 aliphatic rings. The zero-order chi connectivity index (χ0) is 20.6. The zero-order valence-electron chi connectivity index (χ0n) is 15.5. The predicted octanol–water partition coefficient (Wildman–Crippen LogP) is 2.20. The van der Waals surface area contributed by atoms with Crippen molar-refractivity contribution in [2.24, 2.45) is 14.1 Å². The predicted molar refractivity (Wildman–Crippen MR) is 111 cm³/mol. The van der Waals surface area contributed by atoms with Crippen molar-refractivity contribution in [2.75, 3.05) is 0 Å². The van der Waals surface area contributed by atoms with Gasteiger partial charge >= 0.3 is 11.7 Å². The van der Waals surface area contributed by atoms with E-state index in [1.807, 2.05) is 24.3 Å². The number of hydrogen-bond acceptors (Lipinski definition) is 5. The molecule has 0 aliphatic heterocycles. The Morgan fingerprint density at radius 3 is 2.61 bits per heavy atom. The van der Waals surface area contributed by atoms with Crippen LogP contribution in [-0.2, 0) is 25.4 Å². The van der Waals surface area contributed by atoms with Gasteiger partial charge in [0.1, 0.15) is 5.25 Å². The van der Waals surface area contributed by atoms with Gasteiger partial charge in [0.05, 0.1) is 6.54 Å². The van der Waals surface area contributed by atoms with E-state index >= 15 is 0 Å². The molecule has 10 heteroatoms. The van der Waals surface area contributed by atoms with Crippen molar-refractivity contribution >= 4 is 44.8 Å². The molecule has 2 heterocycles. The van der Waals surface area contributed by atoms with Crippen LogP contribution in [0.5, 0.6) is 0 Å². The molecule has 0 spiro atoms. The van der Waals surface area contributed by atoms with Crippen molar-refractivity contribution in [3.8, 4) is 0 Å². The van der Waals surface area contributed by atoms with Crippen LogP contribution >= 0.6 is 27.7 Å². The van der Waals surface area contributed by atoms with E-state index in [9.17, 15) is 19.5 Å². The molecule has 1 unspecified atom stereocenters. The van der Waals surface area contributed by atoms with Gasteiger partial charge in [0, 0.05) is 18.6 Å². The monoisotopic (exact) mass is 466 g/mol. The van der Waals surface area contributed by atoms with Crippen LogP contribution in [-0.4, -0.2) is 35.0 Å². The first kappa shape index (κ1) is 20.4. The molecule has 0 radical (unpaired) electrons. The Labute approximate surface area is 172 Å². The number of aliphatic carboxylic acids is 1. The summed E-state index contributed by atoms with van der Waals surface area (Å²) in [7, 11) is 2.96. The number of carboxylic acids is 1. The van der Waals surface area contributed by atoms with E-state index in [1.54, 1.807) is 18.5 Å². The number of aromatic nitrogens is 4. The minimum atomic E-state index is -0.949. The molecular weight excluding hydrogens is 448 g/mol. The number of carbonyl (C=O) groups is 1. The minimum Gasteiger partial charge on any atom is -0.480 e. The number of benzene rings is 1. The quantitative estimate of drug-likeness (QED) is 0.559. The number of fused-ring (bicyclic) bond motifs is 1. The van der Waals surface area contributed by atoms with Gasteiger partial charge in [0.2, 0.25) is 0 Å². The van der Waals surface area contributed by atoms with Crippen molar-refractivity contribution < 1.29 is 9.90 Å². The Balaban J connectivity index is 2.27. The SMILES string of the molecule is CCC(Sc1nc2c(c(=O)n(C)c(=O)n2C)n1Cc1cccc(Br)c1)C(=O)O. The lowest BCUT2D eigenvalue weighted by molar-refractivity contribution is -0.136. The molecule has 1 atom stereocenters. The Morgan fingerprint density at radius 2 is 2.00 bits per heavy atom. The minimum absolute atomic E-state index is 0.242. The number of thioether (sulfide) groups is 1. The topological polar surface area (TPSA) is 99.1 Å². The number of carboxylic acid groups (broad SMARTS) is 1. The van der Waals surface area contributed by atoms with E-state index in [0.29, 0.717) is 18.1 Å². The van der Waals surface area contributed by atoms with Crippen molar-refractivity contribution in [1.29, 1.82) is 0 Å². The van der Waals surface area contributed by atoms with E-state index in [1.165, 1.54) is 11.6 Å². The molecule has 0 bridgehead atoms. The van der Waals surface area contributed by atoms with Gasteiger partial charge in [0.25, 0.3) is 5.56 Å². The van der Waals surface area contributed by atoms with Gasteiger partial charge in [-0.2, -0.15) is 0 Å². The van der Waals surface area contributed by atoms with Crippen LogP contribution in [0.2, 0.25) is 0 Å². The highest BCUT2D eigenvalue weighted by Gasteiger charge is 2.24. The molecule has 0 fully saturated rings. The van der Waals surface area contributed by atoms with Crippen LogP contribution in [0.3, 0.4) is 0 Å². The lowest BCUT2D eigenvalue weighted by Crippen LogP contribution is -2.37. The number of aryl methyl sites for hydroxylation is 1. The highest BCUT2D eigenvalue weighted by molar-refractivity contribution is 9.10. The van der Waals surface area contributed by atoms with Crippen LogP contribution in [0.25, 0.3) is 11.2 Å². The van der Waals surface area contributed by atoms with Gasteiger partial charge in [-0.3, -0.25) is 18.7 Å². The molecule has 28 heavy (non-hydrogen) atoms. The number of hydrogen-bond donors (Lipinski definition) is 1. The summed E-state index contributed by atoms with van der Waals surface area (Å²) in [4.78, 5) is 41.1. The van der Waals surface area contributed by atoms with E-state index in [4.69, 9.17) is 0 Å². The molecule has 0 saturated heterocycles. The van der Waals surface area contributed by atoms with Gasteiger partial charge in [-0.05, 0) is 24.1 Å². The van der Waals surface area contributed by atoms with E-state index in [-0.39, 0.29) is 11.2 Å². The molecule has 0 aliphatic carbocycles. The van der Waals surface area contributed by atoms with Crippen molar-refractivity contribution in [3.05, 3.63) is 55.1 Å². The fourth-order valence-corrected chi connectivity index (χ4v) is 4.31. The molecule has 8 nitrogen and oxygen atoms in total. The maximum Gasteiger partial charge on any atom is 0.332 e. The van der Waals surface area contributed by atoms with E-state index < -0.39 is 22.5 Å². The van der Waals surface area contributed by atoms with Crippen molar-refractivity contribution in [1.82, 2.24) is 18.7 Å². The normalized spacial score (nSPS) is 12.4. The standard InChI is InChI=1S/C18H19BrN4O4S/c1-4-12(16(25)26)28-17-20-14-13(15(24)22(3)18(27)21(14)2)23(17)9-10-6-5-7-11(19)8-10/h5-8,12H,4,9H2,1-3H3,(H,25,26). The first-order chi connectivity index (χ1) is 13.2. The van der Waals surface area contributed by atoms with Crippen molar-refractivity contribution in [3.63, 3.8) is 0 Å². The fraction of sp³-hybridized carbons (Fsp3) is 0.333. The van der Waals surface area contributed by atoms with E-state index in [2.05, 4.69) is 20.9 Å². The summed E-state index contributed by atoms with van der Waals surface area (Å²) in [6.45, 7) is 2.10. The molecule has 1 N–H and O–H groups in total. The summed E-state index contributed by atoms with van der Waals surface area (Å²) in [6.07, 6.45) is 0.400. The lowest BCUT2D eigenvalue weighted by atomic mass is 10.2. The molecule has 1 aromatic carbocycles. The molecule has 0 amide bonds. The number of halogens is 1. The summed E-state index contributed by atoms with van der Waals surface area (Å²) in [5.74, 6) is -0.949. The van der Waals surface area contributed by atoms with Crippen LogP contribution in [0, 0.1) is 0 Å². The number of rotatable bonds is 6. The summed E-state index contributed by atoms with van der Waals surface area (Å²) < 4.78 is 4.92. The highest BCUT2D eigenvalue weighted by atomic mass is 79.9.